The van der Waals surface area contributed by atoms with Gasteiger partial charge < -0.3 is 19.7 Å². The predicted octanol–water partition coefficient (Wildman–Crippen LogP) is 4.52. The molecule has 11 nitrogen and oxygen atoms in total. The van der Waals surface area contributed by atoms with Crippen molar-refractivity contribution in [3.63, 3.8) is 0 Å². The van der Waals surface area contributed by atoms with Gasteiger partial charge in [0.25, 0.3) is 10.0 Å². The van der Waals surface area contributed by atoms with E-state index in [4.69, 9.17) is 9.47 Å². The minimum atomic E-state index is -4.11. The van der Waals surface area contributed by atoms with E-state index in [2.05, 4.69) is 20.0 Å². The number of ether oxygens (including phenoxy) is 2. The second-order valence-electron chi connectivity index (χ2n) is 11.3. The number of carbonyl (C=O) groups is 2. The van der Waals surface area contributed by atoms with Crippen molar-refractivity contribution in [2.45, 2.75) is 57.6 Å². The molecule has 0 spiro atoms. The molecule has 12 heteroatoms. The molecular weight excluding hydrogens is 546 g/mol. The molecule has 0 aliphatic carbocycles. The molecule has 0 radical (unpaired) electrons. The van der Waals surface area contributed by atoms with Crippen LogP contribution in [0.1, 0.15) is 38.3 Å². The Bertz CT molecular complexity index is 1600. The van der Waals surface area contributed by atoms with Gasteiger partial charge in [0.05, 0.1) is 16.5 Å². The molecule has 2 aromatic carbocycles. The van der Waals surface area contributed by atoms with E-state index in [1.165, 1.54) is 23.1 Å². The van der Waals surface area contributed by atoms with E-state index in [1.54, 1.807) is 32.9 Å². The largest absolute Gasteiger partial charge is 0.473 e. The summed E-state index contributed by atoms with van der Waals surface area (Å²) < 4.78 is 41.0. The number of fused-ring (bicyclic) bond motifs is 5. The highest BCUT2D eigenvalue weighted by atomic mass is 32.2. The Balaban J connectivity index is 1.60. The van der Waals surface area contributed by atoms with Gasteiger partial charge in [-0.25, -0.2) is 22.9 Å². The lowest BCUT2D eigenvalue weighted by Crippen LogP contribution is -2.53. The van der Waals surface area contributed by atoms with E-state index in [1.807, 2.05) is 32.0 Å². The number of sulfonamides is 1. The number of hydrogen-bond donors (Lipinski definition) is 2. The maximum Gasteiger partial charge on any atom is 0.410 e. The number of anilines is 2. The minimum absolute atomic E-state index is 0.0450. The first-order chi connectivity index (χ1) is 19.3. The Kier molecular flexibility index (Phi) is 7.37. The molecule has 4 bridgehead atoms. The van der Waals surface area contributed by atoms with Crippen molar-refractivity contribution in [3.8, 4) is 17.1 Å². The third-order valence-corrected chi connectivity index (χ3v) is 8.21. The molecule has 3 aromatic rings. The van der Waals surface area contributed by atoms with Gasteiger partial charge in [0.15, 0.2) is 0 Å². The average Bonchev–Trinajstić information content (AvgIpc) is 2.87. The fraction of sp³-hybridized carbons (Fsp3) is 0.379. The summed E-state index contributed by atoms with van der Waals surface area (Å²) in [6.07, 6.45) is -0.866. The molecule has 0 saturated carbocycles. The van der Waals surface area contributed by atoms with E-state index < -0.39 is 39.6 Å². The van der Waals surface area contributed by atoms with Gasteiger partial charge in [0.1, 0.15) is 11.7 Å². The first-order valence-corrected chi connectivity index (χ1v) is 14.8. The predicted molar refractivity (Wildman–Crippen MR) is 153 cm³/mol. The van der Waals surface area contributed by atoms with Crippen LogP contribution >= 0.6 is 0 Å². The van der Waals surface area contributed by atoms with Crippen molar-refractivity contribution in [3.05, 3.63) is 59.7 Å². The third-order valence-electron chi connectivity index (χ3n) is 6.89. The lowest BCUT2D eigenvalue weighted by molar-refractivity contribution is -0.125. The van der Waals surface area contributed by atoms with E-state index in [0.717, 1.165) is 16.7 Å². The summed E-state index contributed by atoms with van der Waals surface area (Å²) in [5, 5.41) is 2.80. The van der Waals surface area contributed by atoms with Crippen molar-refractivity contribution in [2.24, 2.45) is 5.92 Å². The molecule has 2 atom stereocenters. The molecule has 216 valence electrons. The lowest BCUT2D eigenvalue weighted by atomic mass is 9.93. The second kappa shape index (κ2) is 10.7. The van der Waals surface area contributed by atoms with Gasteiger partial charge in [-0.2, -0.15) is 4.98 Å². The van der Waals surface area contributed by atoms with Crippen LogP contribution in [-0.4, -0.2) is 60.1 Å². The topological polar surface area (TPSA) is 140 Å². The molecule has 2 N–H and O–H groups in total. The van der Waals surface area contributed by atoms with Gasteiger partial charge in [-0.05, 0) is 63.9 Å². The Hall–Kier alpha value is -4.19. The molecule has 1 fully saturated rings. The van der Waals surface area contributed by atoms with Crippen molar-refractivity contribution in [1.29, 1.82) is 0 Å². The molecule has 3 heterocycles. The SMILES string of the molecule is Cc1cccc(C)c1-c1cc2nc(n1)NS(=O)(=O)c1cccc(c1)NC(=O)C1CN(C(=O)OC(C)(C)C)CCC1O2. The van der Waals surface area contributed by atoms with Crippen molar-refractivity contribution < 1.29 is 27.5 Å². The Morgan fingerprint density at radius 2 is 1.78 bits per heavy atom. The lowest BCUT2D eigenvalue weighted by Gasteiger charge is -2.38. The molecule has 2 aliphatic heterocycles. The van der Waals surface area contributed by atoms with Gasteiger partial charge in [-0.3, -0.25) is 4.79 Å². The summed E-state index contributed by atoms with van der Waals surface area (Å²) in [6, 6.07) is 13.4. The standard InChI is InChI=1S/C29H33N5O6S/c1-17-8-6-9-18(2)25(17)22-15-24-32-27(31-22)33-41(37,38)20-11-7-10-19(14-20)30-26(35)21-16-34(13-12-23(21)39-24)28(36)40-29(3,4)5/h6-11,14-15,21,23H,12-13,16H2,1-5H3,(H,30,35)(H,31,32,33). The van der Waals surface area contributed by atoms with Crippen LogP contribution < -0.4 is 14.8 Å². The first kappa shape index (κ1) is 28.3. The van der Waals surface area contributed by atoms with Crippen LogP contribution in [0.25, 0.3) is 11.3 Å². The fourth-order valence-electron chi connectivity index (χ4n) is 5.00. The maximum atomic E-state index is 13.6. The van der Waals surface area contributed by atoms with Gasteiger partial charge in [0, 0.05) is 36.8 Å². The molecule has 41 heavy (non-hydrogen) atoms. The number of nitrogens with one attached hydrogen (secondary N) is 2. The van der Waals surface area contributed by atoms with Gasteiger partial charge in [0.2, 0.25) is 17.7 Å². The Morgan fingerprint density at radius 3 is 2.49 bits per heavy atom. The van der Waals surface area contributed by atoms with Crippen LogP contribution in [0, 0.1) is 19.8 Å². The zero-order valence-electron chi connectivity index (χ0n) is 23.6. The number of aryl methyl sites for hydroxylation is 2. The van der Waals surface area contributed by atoms with Crippen LogP contribution in [0.15, 0.2) is 53.4 Å². The Labute approximate surface area is 239 Å². The summed E-state index contributed by atoms with van der Waals surface area (Å²) >= 11 is 0. The molecular formula is C29H33N5O6S. The van der Waals surface area contributed by atoms with Crippen molar-refractivity contribution in [1.82, 2.24) is 14.9 Å². The number of piperidine rings is 1. The van der Waals surface area contributed by atoms with Gasteiger partial charge >= 0.3 is 6.09 Å². The van der Waals surface area contributed by atoms with E-state index in [9.17, 15) is 18.0 Å². The zero-order chi connectivity index (χ0) is 29.5. The number of carbonyl (C=O) groups excluding carboxylic acids is 2. The molecule has 1 aromatic heterocycles. The second-order valence-corrected chi connectivity index (χ2v) is 13.0. The van der Waals surface area contributed by atoms with Crippen LogP contribution in [0.4, 0.5) is 16.4 Å². The highest BCUT2D eigenvalue weighted by Crippen LogP contribution is 2.32. The molecule has 5 rings (SSSR count). The molecule has 1 saturated heterocycles. The summed E-state index contributed by atoms with van der Waals surface area (Å²) in [4.78, 5) is 36.8. The van der Waals surface area contributed by atoms with Crippen LogP contribution in [-0.2, 0) is 19.6 Å². The number of amides is 2. The quantitative estimate of drug-likeness (QED) is 0.429. The molecule has 2 amide bonds. The highest BCUT2D eigenvalue weighted by Gasteiger charge is 2.39. The van der Waals surface area contributed by atoms with E-state index in [-0.39, 0.29) is 29.0 Å². The zero-order valence-corrected chi connectivity index (χ0v) is 24.4. The number of nitrogens with zero attached hydrogens (tertiary/aromatic N) is 3. The van der Waals surface area contributed by atoms with Crippen molar-refractivity contribution >= 4 is 33.7 Å². The van der Waals surface area contributed by atoms with Crippen molar-refractivity contribution in [2.75, 3.05) is 23.1 Å². The summed E-state index contributed by atoms with van der Waals surface area (Å²) in [6.45, 7) is 9.56. The van der Waals surface area contributed by atoms with E-state index in [0.29, 0.717) is 18.7 Å². The number of aromatic nitrogens is 2. The summed E-state index contributed by atoms with van der Waals surface area (Å²) in [7, 11) is -4.11. The number of hydrogen-bond acceptors (Lipinski definition) is 8. The normalized spacial score (nSPS) is 20.1. The van der Waals surface area contributed by atoms with Gasteiger partial charge in [-0.1, -0.05) is 24.3 Å². The number of benzene rings is 2. The minimum Gasteiger partial charge on any atom is -0.473 e. The van der Waals surface area contributed by atoms with Crippen LogP contribution in [0.5, 0.6) is 5.88 Å². The maximum absolute atomic E-state index is 13.6. The average molecular weight is 580 g/mol. The summed E-state index contributed by atoms with van der Waals surface area (Å²) in [5.41, 5.74) is 2.76. The number of likely N-dealkylation sites (tertiary alicyclic amines) is 1. The van der Waals surface area contributed by atoms with Crippen LogP contribution in [0.2, 0.25) is 0 Å². The van der Waals surface area contributed by atoms with Crippen LogP contribution in [0.3, 0.4) is 0 Å². The Morgan fingerprint density at radius 1 is 1.07 bits per heavy atom. The van der Waals surface area contributed by atoms with E-state index >= 15 is 0 Å². The molecule has 2 unspecified atom stereocenters. The first-order valence-electron chi connectivity index (χ1n) is 13.3. The third kappa shape index (κ3) is 6.27. The van der Waals surface area contributed by atoms with Gasteiger partial charge in [-0.15, -0.1) is 0 Å². The molecule has 2 aliphatic rings. The smallest absolute Gasteiger partial charge is 0.410 e. The fourth-order valence-corrected chi connectivity index (χ4v) is 5.99. The number of rotatable bonds is 1. The monoisotopic (exact) mass is 579 g/mol. The summed E-state index contributed by atoms with van der Waals surface area (Å²) in [5.74, 6) is -1.27. The highest BCUT2D eigenvalue weighted by molar-refractivity contribution is 7.92.